The number of benzene rings is 2. The molecule has 2 heterocycles. The van der Waals surface area contributed by atoms with Crippen molar-refractivity contribution in [2.75, 3.05) is 26.4 Å². The SMILES string of the molecule is Brc1ccc(-c2ccc(OCCCCCOC3COc4cscc4OC3)cc2)cc1. The van der Waals surface area contributed by atoms with Crippen LogP contribution < -0.4 is 14.2 Å². The minimum absolute atomic E-state index is 0.0112. The van der Waals surface area contributed by atoms with Crippen molar-refractivity contribution in [3.05, 3.63) is 63.8 Å². The Morgan fingerprint density at radius 2 is 1.40 bits per heavy atom. The molecule has 0 N–H and O–H groups in total. The van der Waals surface area contributed by atoms with Crippen LogP contribution in [0.1, 0.15) is 19.3 Å². The molecule has 1 aliphatic rings. The van der Waals surface area contributed by atoms with Crippen LogP contribution in [0.25, 0.3) is 11.1 Å². The van der Waals surface area contributed by atoms with Crippen molar-refractivity contribution < 1.29 is 18.9 Å². The van der Waals surface area contributed by atoms with Crippen molar-refractivity contribution in [2.24, 2.45) is 0 Å². The van der Waals surface area contributed by atoms with Gasteiger partial charge in [-0.15, -0.1) is 11.3 Å². The van der Waals surface area contributed by atoms with Gasteiger partial charge in [-0.25, -0.2) is 0 Å². The molecule has 0 spiro atoms. The number of thiophene rings is 1. The lowest BCUT2D eigenvalue weighted by atomic mass is 10.1. The van der Waals surface area contributed by atoms with Gasteiger partial charge in [-0.2, -0.15) is 0 Å². The Kier molecular flexibility index (Phi) is 7.67. The van der Waals surface area contributed by atoms with Crippen LogP contribution >= 0.6 is 27.3 Å². The van der Waals surface area contributed by atoms with Gasteiger partial charge in [0.2, 0.25) is 0 Å². The van der Waals surface area contributed by atoms with E-state index >= 15 is 0 Å². The zero-order valence-corrected chi connectivity index (χ0v) is 19.1. The predicted octanol–water partition coefficient (Wildman–Crippen LogP) is 6.58. The minimum atomic E-state index is -0.0112. The van der Waals surface area contributed by atoms with Gasteiger partial charge in [0.05, 0.1) is 6.61 Å². The van der Waals surface area contributed by atoms with Gasteiger partial charge in [-0.3, -0.25) is 0 Å². The first kappa shape index (κ1) is 21.2. The lowest BCUT2D eigenvalue weighted by Gasteiger charge is -2.14. The normalized spacial score (nSPS) is 13.8. The number of hydrogen-bond acceptors (Lipinski definition) is 5. The third-order valence-electron chi connectivity index (χ3n) is 4.89. The van der Waals surface area contributed by atoms with Crippen LogP contribution in [0.5, 0.6) is 17.2 Å². The average Bonchev–Trinajstić information content (AvgIpc) is 3.14. The van der Waals surface area contributed by atoms with Crippen molar-refractivity contribution in [3.8, 4) is 28.4 Å². The van der Waals surface area contributed by atoms with E-state index in [1.54, 1.807) is 11.3 Å². The fourth-order valence-electron chi connectivity index (χ4n) is 3.20. The summed E-state index contributed by atoms with van der Waals surface area (Å²) in [7, 11) is 0. The van der Waals surface area contributed by atoms with E-state index in [4.69, 9.17) is 18.9 Å². The highest BCUT2D eigenvalue weighted by atomic mass is 79.9. The molecule has 30 heavy (non-hydrogen) atoms. The third-order valence-corrected chi connectivity index (χ3v) is 6.11. The number of fused-ring (bicyclic) bond motifs is 1. The van der Waals surface area contributed by atoms with Crippen molar-refractivity contribution in [3.63, 3.8) is 0 Å². The number of rotatable bonds is 9. The van der Waals surface area contributed by atoms with Crippen molar-refractivity contribution in [2.45, 2.75) is 25.4 Å². The van der Waals surface area contributed by atoms with Gasteiger partial charge >= 0.3 is 0 Å². The highest BCUT2D eigenvalue weighted by Gasteiger charge is 2.19. The summed E-state index contributed by atoms with van der Waals surface area (Å²) in [5, 5.41) is 3.93. The van der Waals surface area contributed by atoms with Gasteiger partial charge in [0.25, 0.3) is 0 Å². The van der Waals surface area contributed by atoms with E-state index in [1.165, 1.54) is 11.1 Å². The van der Waals surface area contributed by atoms with Gasteiger partial charge in [0.1, 0.15) is 25.1 Å². The molecule has 4 rings (SSSR count). The zero-order valence-electron chi connectivity index (χ0n) is 16.7. The smallest absolute Gasteiger partial charge is 0.172 e. The molecule has 3 aromatic rings. The molecule has 0 radical (unpaired) electrons. The Bertz CT molecular complexity index is 885. The summed E-state index contributed by atoms with van der Waals surface area (Å²) >= 11 is 5.06. The molecule has 0 unspecified atom stereocenters. The number of unbranched alkanes of at least 4 members (excludes halogenated alkanes) is 2. The number of hydrogen-bond donors (Lipinski definition) is 0. The summed E-state index contributed by atoms with van der Waals surface area (Å²) < 4.78 is 24.3. The second kappa shape index (κ2) is 10.8. The summed E-state index contributed by atoms with van der Waals surface area (Å²) in [5.74, 6) is 2.56. The first-order chi connectivity index (χ1) is 14.8. The quantitative estimate of drug-likeness (QED) is 0.318. The monoisotopic (exact) mass is 488 g/mol. The first-order valence-corrected chi connectivity index (χ1v) is 11.9. The Balaban J connectivity index is 1.08. The molecule has 0 bridgehead atoms. The lowest BCUT2D eigenvalue weighted by molar-refractivity contribution is 0.000901. The molecule has 0 fully saturated rings. The molecule has 0 amide bonds. The largest absolute Gasteiger partial charge is 0.494 e. The van der Waals surface area contributed by atoms with E-state index in [0.717, 1.165) is 41.0 Å². The standard InChI is InChI=1S/C24H25BrO4S/c25-20-8-4-18(5-9-20)19-6-10-21(11-7-19)26-12-2-1-3-13-27-22-14-28-23-16-30-17-24(23)29-15-22/h4-11,16-17,22H,1-3,12-15H2. The Labute approximate surface area is 189 Å². The van der Waals surface area contributed by atoms with E-state index < -0.39 is 0 Å². The van der Waals surface area contributed by atoms with Crippen molar-refractivity contribution in [1.29, 1.82) is 0 Å². The third kappa shape index (κ3) is 6.00. The van der Waals surface area contributed by atoms with Crippen molar-refractivity contribution >= 4 is 27.3 Å². The molecule has 0 saturated carbocycles. The number of ether oxygens (including phenoxy) is 4. The fraction of sp³-hybridized carbons (Fsp3) is 0.333. The lowest BCUT2D eigenvalue weighted by Crippen LogP contribution is -2.27. The van der Waals surface area contributed by atoms with Crippen LogP contribution in [-0.2, 0) is 4.74 Å². The second-order valence-corrected chi connectivity index (χ2v) is 8.81. The maximum atomic E-state index is 5.90. The molecule has 1 aliphatic heterocycles. The molecule has 4 nitrogen and oxygen atoms in total. The van der Waals surface area contributed by atoms with Crippen molar-refractivity contribution in [1.82, 2.24) is 0 Å². The molecule has 6 heteroatoms. The molecule has 0 atom stereocenters. The van der Waals surface area contributed by atoms with Crippen LogP contribution in [0, 0.1) is 0 Å². The van der Waals surface area contributed by atoms with Crippen LogP contribution in [0.2, 0.25) is 0 Å². The van der Waals surface area contributed by atoms with Crippen LogP contribution in [0.15, 0.2) is 63.8 Å². The molecular weight excluding hydrogens is 464 g/mol. The second-order valence-electron chi connectivity index (χ2n) is 7.16. The van der Waals surface area contributed by atoms with Gasteiger partial charge in [0.15, 0.2) is 11.5 Å². The van der Waals surface area contributed by atoms with Crippen LogP contribution in [0.4, 0.5) is 0 Å². The first-order valence-electron chi connectivity index (χ1n) is 10.2. The highest BCUT2D eigenvalue weighted by Crippen LogP contribution is 2.33. The fourth-order valence-corrected chi connectivity index (χ4v) is 4.15. The van der Waals surface area contributed by atoms with E-state index in [9.17, 15) is 0 Å². The Morgan fingerprint density at radius 3 is 2.07 bits per heavy atom. The molecule has 0 aliphatic carbocycles. The van der Waals surface area contributed by atoms with Gasteiger partial charge < -0.3 is 18.9 Å². The summed E-state index contributed by atoms with van der Waals surface area (Å²) in [4.78, 5) is 0. The molecule has 0 saturated heterocycles. The van der Waals surface area contributed by atoms with Crippen LogP contribution in [0.3, 0.4) is 0 Å². The van der Waals surface area contributed by atoms with Gasteiger partial charge in [0, 0.05) is 21.8 Å². The molecule has 2 aromatic carbocycles. The number of halogens is 1. The van der Waals surface area contributed by atoms with E-state index in [2.05, 4.69) is 52.3 Å². The summed E-state index contributed by atoms with van der Waals surface area (Å²) in [6.45, 7) is 2.52. The van der Waals surface area contributed by atoms with E-state index in [0.29, 0.717) is 26.4 Å². The van der Waals surface area contributed by atoms with E-state index in [-0.39, 0.29) is 6.10 Å². The molecular formula is C24H25BrO4S. The Hall–Kier alpha value is -2.02. The molecule has 1 aromatic heterocycles. The summed E-state index contributed by atoms with van der Waals surface area (Å²) in [6, 6.07) is 16.6. The Morgan fingerprint density at radius 1 is 0.800 bits per heavy atom. The van der Waals surface area contributed by atoms with Crippen LogP contribution in [-0.4, -0.2) is 32.5 Å². The van der Waals surface area contributed by atoms with Gasteiger partial charge in [-0.1, -0.05) is 40.2 Å². The summed E-state index contributed by atoms with van der Waals surface area (Å²) in [5.41, 5.74) is 2.39. The zero-order chi connectivity index (χ0) is 20.6. The van der Waals surface area contributed by atoms with Gasteiger partial charge in [-0.05, 0) is 54.7 Å². The highest BCUT2D eigenvalue weighted by molar-refractivity contribution is 9.10. The maximum absolute atomic E-state index is 5.90. The molecule has 158 valence electrons. The average molecular weight is 489 g/mol. The predicted molar refractivity (Wildman–Crippen MR) is 124 cm³/mol. The minimum Gasteiger partial charge on any atom is -0.494 e. The topological polar surface area (TPSA) is 36.9 Å². The summed E-state index contributed by atoms with van der Waals surface area (Å²) in [6.07, 6.45) is 3.07. The van der Waals surface area contributed by atoms with E-state index in [1.807, 2.05) is 22.9 Å². The maximum Gasteiger partial charge on any atom is 0.172 e.